The van der Waals surface area contributed by atoms with E-state index in [1.54, 1.807) is 0 Å². The lowest BCUT2D eigenvalue weighted by Gasteiger charge is -2.25. The Hall–Kier alpha value is -1.16. The van der Waals surface area contributed by atoms with Crippen molar-refractivity contribution in [1.29, 1.82) is 0 Å². The van der Waals surface area contributed by atoms with Crippen molar-refractivity contribution in [3.63, 3.8) is 0 Å². The molecule has 0 amide bonds. The molecule has 0 unspecified atom stereocenters. The van der Waals surface area contributed by atoms with Crippen LogP contribution in [0.4, 0.5) is 5.82 Å². The van der Waals surface area contributed by atoms with E-state index >= 15 is 0 Å². The predicted molar refractivity (Wildman–Crippen MR) is 85.9 cm³/mol. The summed E-state index contributed by atoms with van der Waals surface area (Å²) in [4.78, 5) is 11.4. The number of anilines is 1. The second-order valence-corrected chi connectivity index (χ2v) is 6.25. The third kappa shape index (κ3) is 6.33. The average Bonchev–Trinajstić information content (AvgIpc) is 2.39. The molecular formula is C16H30N4. The highest BCUT2D eigenvalue weighted by Crippen LogP contribution is 2.14. The summed E-state index contributed by atoms with van der Waals surface area (Å²) in [6, 6.07) is 0. The fourth-order valence-electron chi connectivity index (χ4n) is 1.98. The van der Waals surface area contributed by atoms with Gasteiger partial charge in [-0.1, -0.05) is 27.7 Å². The zero-order valence-corrected chi connectivity index (χ0v) is 13.7. The van der Waals surface area contributed by atoms with Crippen molar-refractivity contribution in [2.75, 3.05) is 25.0 Å². The number of aromatic nitrogens is 2. The molecule has 1 rings (SSSR count). The minimum atomic E-state index is 0.713. The van der Waals surface area contributed by atoms with E-state index in [1.807, 2.05) is 19.4 Å². The van der Waals surface area contributed by atoms with Gasteiger partial charge >= 0.3 is 0 Å². The molecule has 0 atom stereocenters. The highest BCUT2D eigenvalue weighted by atomic mass is 15.2. The van der Waals surface area contributed by atoms with Crippen molar-refractivity contribution in [2.45, 2.75) is 47.1 Å². The fraction of sp³-hybridized carbons (Fsp3) is 0.750. The van der Waals surface area contributed by atoms with Crippen molar-refractivity contribution >= 4 is 5.82 Å². The molecule has 1 aromatic heterocycles. The number of nitrogens with one attached hydrogen (secondary N) is 1. The standard InChI is InChI=1S/C16H30N4/c1-13(2)6-8-20(9-7-14(3)4)16-12-18-11-15(19-16)10-17-5/h11-14,17H,6-10H2,1-5H3. The van der Waals surface area contributed by atoms with E-state index in [9.17, 15) is 0 Å². The molecule has 0 bridgehead atoms. The van der Waals surface area contributed by atoms with Gasteiger partial charge in [-0.25, -0.2) is 4.98 Å². The second kappa shape index (κ2) is 8.90. The number of hydrogen-bond acceptors (Lipinski definition) is 4. The Labute approximate surface area is 124 Å². The van der Waals surface area contributed by atoms with Crippen LogP contribution in [-0.2, 0) is 6.54 Å². The lowest BCUT2D eigenvalue weighted by atomic mass is 10.1. The van der Waals surface area contributed by atoms with E-state index in [1.165, 1.54) is 12.8 Å². The molecule has 0 saturated carbocycles. The zero-order valence-electron chi connectivity index (χ0n) is 13.7. The van der Waals surface area contributed by atoms with Crippen LogP contribution in [0.1, 0.15) is 46.2 Å². The van der Waals surface area contributed by atoms with Crippen molar-refractivity contribution in [3.8, 4) is 0 Å². The van der Waals surface area contributed by atoms with E-state index in [0.29, 0.717) is 11.8 Å². The Morgan fingerprint density at radius 1 is 1.05 bits per heavy atom. The van der Waals surface area contributed by atoms with Crippen LogP contribution in [-0.4, -0.2) is 30.1 Å². The van der Waals surface area contributed by atoms with Crippen molar-refractivity contribution in [2.24, 2.45) is 11.8 Å². The van der Waals surface area contributed by atoms with Crippen molar-refractivity contribution in [1.82, 2.24) is 15.3 Å². The van der Waals surface area contributed by atoms with Crippen LogP contribution in [0.15, 0.2) is 12.4 Å². The summed E-state index contributed by atoms with van der Waals surface area (Å²) in [6.45, 7) is 12.0. The summed E-state index contributed by atoms with van der Waals surface area (Å²) in [7, 11) is 1.93. The first-order valence-corrected chi connectivity index (χ1v) is 7.73. The van der Waals surface area contributed by atoms with E-state index in [4.69, 9.17) is 4.98 Å². The van der Waals surface area contributed by atoms with Gasteiger partial charge in [0.05, 0.1) is 11.9 Å². The largest absolute Gasteiger partial charge is 0.355 e. The Morgan fingerprint density at radius 3 is 2.15 bits per heavy atom. The van der Waals surface area contributed by atoms with Gasteiger partial charge in [0, 0.05) is 25.8 Å². The maximum absolute atomic E-state index is 4.72. The van der Waals surface area contributed by atoms with Crippen molar-refractivity contribution in [3.05, 3.63) is 18.1 Å². The normalized spacial score (nSPS) is 11.3. The molecule has 0 aliphatic heterocycles. The Morgan fingerprint density at radius 2 is 1.65 bits per heavy atom. The quantitative estimate of drug-likeness (QED) is 0.753. The first kappa shape index (κ1) is 16.9. The molecule has 1 N–H and O–H groups in total. The molecule has 4 nitrogen and oxygen atoms in total. The molecule has 114 valence electrons. The van der Waals surface area contributed by atoms with Crippen LogP contribution >= 0.6 is 0 Å². The molecule has 0 spiro atoms. The summed E-state index contributed by atoms with van der Waals surface area (Å²) >= 11 is 0. The van der Waals surface area contributed by atoms with Gasteiger partial charge in [0.1, 0.15) is 5.82 Å². The molecule has 20 heavy (non-hydrogen) atoms. The van der Waals surface area contributed by atoms with Gasteiger partial charge in [0.25, 0.3) is 0 Å². The molecule has 0 aliphatic rings. The summed E-state index contributed by atoms with van der Waals surface area (Å²) < 4.78 is 0. The van der Waals surface area contributed by atoms with Crippen LogP contribution in [0, 0.1) is 11.8 Å². The van der Waals surface area contributed by atoms with Gasteiger partial charge in [-0.3, -0.25) is 4.98 Å². The van der Waals surface area contributed by atoms with Crippen LogP contribution < -0.4 is 10.2 Å². The van der Waals surface area contributed by atoms with Gasteiger partial charge in [0.2, 0.25) is 0 Å². The first-order valence-electron chi connectivity index (χ1n) is 7.73. The summed E-state index contributed by atoms with van der Waals surface area (Å²) in [5.41, 5.74) is 1.00. The molecule has 1 heterocycles. The molecule has 0 saturated heterocycles. The predicted octanol–water partition coefficient (Wildman–Crippen LogP) is 3.09. The molecule has 1 aromatic rings. The van der Waals surface area contributed by atoms with Crippen molar-refractivity contribution < 1.29 is 0 Å². The van der Waals surface area contributed by atoms with Crippen LogP contribution in [0.3, 0.4) is 0 Å². The van der Waals surface area contributed by atoms with E-state index < -0.39 is 0 Å². The summed E-state index contributed by atoms with van der Waals surface area (Å²) in [5.74, 6) is 2.44. The fourth-order valence-corrected chi connectivity index (χ4v) is 1.98. The lowest BCUT2D eigenvalue weighted by molar-refractivity contribution is 0.532. The van der Waals surface area contributed by atoms with Gasteiger partial charge in [-0.15, -0.1) is 0 Å². The number of hydrogen-bond donors (Lipinski definition) is 1. The van der Waals surface area contributed by atoms with E-state index in [-0.39, 0.29) is 0 Å². The summed E-state index contributed by atoms with van der Waals surface area (Å²) in [5, 5.41) is 3.13. The molecular weight excluding hydrogens is 248 g/mol. The van der Waals surface area contributed by atoms with Gasteiger partial charge < -0.3 is 10.2 Å². The minimum absolute atomic E-state index is 0.713. The van der Waals surface area contributed by atoms with Gasteiger partial charge in [-0.2, -0.15) is 0 Å². The second-order valence-electron chi connectivity index (χ2n) is 6.25. The van der Waals surface area contributed by atoms with Gasteiger partial charge in [0.15, 0.2) is 0 Å². The maximum Gasteiger partial charge on any atom is 0.147 e. The van der Waals surface area contributed by atoms with Gasteiger partial charge in [-0.05, 0) is 31.7 Å². The molecule has 4 heteroatoms. The molecule has 0 fully saturated rings. The minimum Gasteiger partial charge on any atom is -0.355 e. The van der Waals surface area contributed by atoms with Crippen LogP contribution in [0.25, 0.3) is 0 Å². The highest BCUT2D eigenvalue weighted by Gasteiger charge is 2.11. The lowest BCUT2D eigenvalue weighted by Crippen LogP contribution is -2.29. The molecule has 0 aromatic carbocycles. The van der Waals surface area contributed by atoms with E-state index in [0.717, 1.165) is 31.1 Å². The third-order valence-electron chi connectivity index (χ3n) is 3.31. The SMILES string of the molecule is CNCc1cncc(N(CCC(C)C)CCC(C)C)n1. The monoisotopic (exact) mass is 278 g/mol. The Bertz CT molecular complexity index is 364. The van der Waals surface area contributed by atoms with Crippen LogP contribution in [0.2, 0.25) is 0 Å². The molecule has 0 aliphatic carbocycles. The number of nitrogens with zero attached hydrogens (tertiary/aromatic N) is 3. The zero-order chi connectivity index (χ0) is 15.0. The topological polar surface area (TPSA) is 41.1 Å². The Balaban J connectivity index is 2.76. The summed E-state index contributed by atoms with van der Waals surface area (Å²) in [6.07, 6.45) is 6.11. The Kier molecular flexibility index (Phi) is 7.52. The maximum atomic E-state index is 4.72. The highest BCUT2D eigenvalue weighted by molar-refractivity contribution is 5.36. The van der Waals surface area contributed by atoms with E-state index in [2.05, 4.69) is 42.9 Å². The smallest absolute Gasteiger partial charge is 0.147 e. The average molecular weight is 278 g/mol. The first-order chi connectivity index (χ1) is 9.52. The number of rotatable bonds is 9. The van der Waals surface area contributed by atoms with Crippen LogP contribution in [0.5, 0.6) is 0 Å². The third-order valence-corrected chi connectivity index (χ3v) is 3.31. The molecule has 0 radical (unpaired) electrons.